The predicted molar refractivity (Wildman–Crippen MR) is 112 cm³/mol. The molecule has 0 saturated carbocycles. The zero-order valence-corrected chi connectivity index (χ0v) is 17.1. The van der Waals surface area contributed by atoms with Gasteiger partial charge in [-0.1, -0.05) is 41.9 Å². The summed E-state index contributed by atoms with van der Waals surface area (Å²) in [7, 11) is 1.60. The van der Waals surface area contributed by atoms with E-state index >= 15 is 0 Å². The Morgan fingerprint density at radius 1 is 1.17 bits per heavy atom. The van der Waals surface area contributed by atoms with E-state index in [-0.39, 0.29) is 18.5 Å². The normalized spacial score (nSPS) is 15.6. The molecular formula is C21H23ClN4O3. The molecule has 2 N–H and O–H groups in total. The molecule has 0 saturated heterocycles. The van der Waals surface area contributed by atoms with Gasteiger partial charge in [0.25, 0.3) is 5.91 Å². The van der Waals surface area contributed by atoms with E-state index in [0.717, 1.165) is 22.6 Å². The first-order valence-electron chi connectivity index (χ1n) is 9.33. The average molecular weight is 415 g/mol. The van der Waals surface area contributed by atoms with Crippen LogP contribution in [0.5, 0.6) is 5.75 Å². The van der Waals surface area contributed by atoms with Crippen molar-refractivity contribution in [3.63, 3.8) is 0 Å². The second-order valence-corrected chi connectivity index (χ2v) is 6.88. The number of rotatable bonds is 6. The number of methoxy groups -OCH3 is 1. The number of hydrogen-bond acceptors (Lipinski definition) is 4. The maximum Gasteiger partial charge on any atom is 0.315 e. The van der Waals surface area contributed by atoms with Crippen molar-refractivity contribution in [2.24, 2.45) is 5.10 Å². The van der Waals surface area contributed by atoms with Crippen molar-refractivity contribution in [2.45, 2.75) is 19.4 Å². The van der Waals surface area contributed by atoms with Crippen LogP contribution in [0.2, 0.25) is 5.02 Å². The molecule has 1 heterocycles. The Morgan fingerprint density at radius 3 is 2.55 bits per heavy atom. The summed E-state index contributed by atoms with van der Waals surface area (Å²) in [4.78, 5) is 24.5. The van der Waals surface area contributed by atoms with Gasteiger partial charge in [0, 0.05) is 23.6 Å². The lowest BCUT2D eigenvalue weighted by Gasteiger charge is -2.22. The van der Waals surface area contributed by atoms with E-state index in [4.69, 9.17) is 16.3 Å². The first-order chi connectivity index (χ1) is 14.0. The van der Waals surface area contributed by atoms with E-state index in [1.54, 1.807) is 13.2 Å². The van der Waals surface area contributed by atoms with Crippen molar-refractivity contribution in [1.82, 2.24) is 15.6 Å². The van der Waals surface area contributed by atoms with Gasteiger partial charge in [-0.15, -0.1) is 0 Å². The molecule has 3 rings (SSSR count). The monoisotopic (exact) mass is 414 g/mol. The maximum atomic E-state index is 12.8. The first kappa shape index (κ1) is 20.7. The van der Waals surface area contributed by atoms with Crippen LogP contribution in [0.1, 0.15) is 30.5 Å². The molecule has 29 heavy (non-hydrogen) atoms. The van der Waals surface area contributed by atoms with Gasteiger partial charge in [-0.05, 0) is 30.7 Å². The van der Waals surface area contributed by atoms with Gasteiger partial charge in [-0.3, -0.25) is 4.79 Å². The van der Waals surface area contributed by atoms with E-state index in [2.05, 4.69) is 15.7 Å². The van der Waals surface area contributed by atoms with Crippen molar-refractivity contribution >= 4 is 29.3 Å². The summed E-state index contributed by atoms with van der Waals surface area (Å²) in [6.07, 6.45) is 0.517. The minimum absolute atomic E-state index is 0.155. The fraction of sp³-hybridized carbons (Fsp3) is 0.286. The Kier molecular flexibility index (Phi) is 6.72. The summed E-state index contributed by atoms with van der Waals surface area (Å²) in [6, 6.07) is 14.2. The number of carbonyl (C=O) groups is 2. The van der Waals surface area contributed by atoms with Gasteiger partial charge >= 0.3 is 6.03 Å². The number of amides is 3. The predicted octanol–water partition coefficient (Wildman–Crippen LogP) is 3.35. The third-order valence-corrected chi connectivity index (χ3v) is 4.92. The summed E-state index contributed by atoms with van der Waals surface area (Å²) >= 11 is 6.34. The number of nitrogens with one attached hydrogen (secondary N) is 2. The summed E-state index contributed by atoms with van der Waals surface area (Å²) in [5, 5.41) is 11.7. The second kappa shape index (κ2) is 9.43. The molecule has 152 valence electrons. The number of urea groups is 1. The molecule has 3 amide bonds. The van der Waals surface area contributed by atoms with Gasteiger partial charge in [0.15, 0.2) is 0 Å². The standard InChI is InChI=1S/C21H23ClN4O3/c1-3-23-21(28)24-13-20(27)26-19(14-8-10-15(29-2)11-9-14)12-18(25-26)16-6-4-5-7-17(16)22/h4-11,19H,3,12-13H2,1-2H3,(H2,23,24,28)/t19-/m0/s1. The second-order valence-electron chi connectivity index (χ2n) is 6.47. The summed E-state index contributed by atoms with van der Waals surface area (Å²) < 4.78 is 5.22. The first-order valence-corrected chi connectivity index (χ1v) is 9.71. The van der Waals surface area contributed by atoms with Crippen LogP contribution in [0.4, 0.5) is 4.79 Å². The molecule has 7 nitrogen and oxygen atoms in total. The minimum atomic E-state index is -0.392. The van der Waals surface area contributed by atoms with Gasteiger partial charge in [0.05, 0.1) is 18.9 Å². The van der Waals surface area contributed by atoms with Crippen LogP contribution < -0.4 is 15.4 Å². The van der Waals surface area contributed by atoms with E-state index in [1.807, 2.05) is 49.4 Å². The molecule has 2 aromatic rings. The molecular weight excluding hydrogens is 392 g/mol. The van der Waals surface area contributed by atoms with Crippen LogP contribution in [0, 0.1) is 0 Å². The Bertz CT molecular complexity index is 914. The average Bonchev–Trinajstić information content (AvgIpc) is 3.18. The fourth-order valence-electron chi connectivity index (χ4n) is 3.14. The Balaban J connectivity index is 1.86. The number of benzene rings is 2. The van der Waals surface area contributed by atoms with Crippen LogP contribution in [0.25, 0.3) is 0 Å². The number of nitrogens with zero attached hydrogens (tertiary/aromatic N) is 2. The Morgan fingerprint density at radius 2 is 1.90 bits per heavy atom. The SMILES string of the molecule is CCNC(=O)NCC(=O)N1N=C(c2ccccc2Cl)C[C@H]1c1ccc(OC)cc1. The highest BCUT2D eigenvalue weighted by Gasteiger charge is 2.33. The third kappa shape index (κ3) is 4.86. The smallest absolute Gasteiger partial charge is 0.315 e. The topological polar surface area (TPSA) is 83.0 Å². The zero-order chi connectivity index (χ0) is 20.8. The maximum absolute atomic E-state index is 12.8. The van der Waals surface area contributed by atoms with E-state index in [1.165, 1.54) is 5.01 Å². The lowest BCUT2D eigenvalue weighted by molar-refractivity contribution is -0.131. The van der Waals surface area contributed by atoms with Gasteiger partial charge in [-0.25, -0.2) is 9.80 Å². The van der Waals surface area contributed by atoms with Crippen LogP contribution >= 0.6 is 11.6 Å². The number of ether oxygens (including phenoxy) is 1. The quantitative estimate of drug-likeness (QED) is 0.760. The van der Waals surface area contributed by atoms with Crippen LogP contribution in [-0.4, -0.2) is 42.9 Å². The number of hydrazone groups is 1. The molecule has 0 fully saturated rings. The van der Waals surface area contributed by atoms with Crippen LogP contribution in [-0.2, 0) is 4.79 Å². The summed E-state index contributed by atoms with van der Waals surface area (Å²) in [5.74, 6) is 0.425. The molecule has 0 aromatic heterocycles. The van der Waals surface area contributed by atoms with Gasteiger partial charge in [-0.2, -0.15) is 5.10 Å². The molecule has 1 aliphatic heterocycles. The highest BCUT2D eigenvalue weighted by molar-refractivity contribution is 6.34. The van der Waals surface area contributed by atoms with Crippen LogP contribution in [0.3, 0.4) is 0 Å². The van der Waals surface area contributed by atoms with Gasteiger partial charge in [0.2, 0.25) is 0 Å². The van der Waals surface area contributed by atoms with E-state index in [9.17, 15) is 9.59 Å². The van der Waals surface area contributed by atoms with Crippen LogP contribution in [0.15, 0.2) is 53.6 Å². The highest BCUT2D eigenvalue weighted by atomic mass is 35.5. The number of hydrogen-bond donors (Lipinski definition) is 2. The van der Waals surface area contributed by atoms with E-state index < -0.39 is 6.03 Å². The molecule has 2 aromatic carbocycles. The van der Waals surface area contributed by atoms with Gasteiger partial charge in [0.1, 0.15) is 12.3 Å². The lowest BCUT2D eigenvalue weighted by Crippen LogP contribution is -2.42. The number of halogens is 1. The van der Waals surface area contributed by atoms with Crippen molar-refractivity contribution in [3.05, 3.63) is 64.7 Å². The fourth-order valence-corrected chi connectivity index (χ4v) is 3.39. The third-order valence-electron chi connectivity index (χ3n) is 4.59. The number of carbonyl (C=O) groups excluding carboxylic acids is 2. The molecule has 0 spiro atoms. The lowest BCUT2D eigenvalue weighted by atomic mass is 9.98. The molecule has 8 heteroatoms. The van der Waals surface area contributed by atoms with Crippen molar-refractivity contribution < 1.29 is 14.3 Å². The largest absolute Gasteiger partial charge is 0.497 e. The van der Waals surface area contributed by atoms with Crippen molar-refractivity contribution in [2.75, 3.05) is 20.2 Å². The Labute approximate surface area is 174 Å². The molecule has 0 aliphatic carbocycles. The molecule has 0 radical (unpaired) electrons. The molecule has 0 bridgehead atoms. The summed E-state index contributed by atoms with van der Waals surface area (Å²) in [5.41, 5.74) is 2.44. The zero-order valence-electron chi connectivity index (χ0n) is 16.3. The molecule has 0 unspecified atom stereocenters. The van der Waals surface area contributed by atoms with Crippen molar-refractivity contribution in [3.8, 4) is 5.75 Å². The van der Waals surface area contributed by atoms with Gasteiger partial charge < -0.3 is 15.4 Å². The molecule has 1 aliphatic rings. The Hall–Kier alpha value is -3.06. The molecule has 1 atom stereocenters. The minimum Gasteiger partial charge on any atom is -0.497 e. The highest BCUT2D eigenvalue weighted by Crippen LogP contribution is 2.34. The van der Waals surface area contributed by atoms with Crippen molar-refractivity contribution in [1.29, 1.82) is 0 Å². The van der Waals surface area contributed by atoms with E-state index in [0.29, 0.717) is 18.0 Å². The summed E-state index contributed by atoms with van der Waals surface area (Å²) in [6.45, 7) is 2.13.